The minimum atomic E-state index is -4.44. The molecule has 0 fully saturated rings. The first-order valence-electron chi connectivity index (χ1n) is 2.87. The number of nitrogens with two attached hydrogens (primary N) is 1. The summed E-state index contributed by atoms with van der Waals surface area (Å²) in [6, 6.07) is 0. The van der Waals surface area contributed by atoms with E-state index < -0.39 is 20.9 Å². The second-order valence-electron chi connectivity index (χ2n) is 1.82. The Labute approximate surface area is 64.6 Å². The maximum absolute atomic E-state index is 10.4. The van der Waals surface area contributed by atoms with Crippen LogP contribution in [0.3, 0.4) is 0 Å². The lowest BCUT2D eigenvalue weighted by Gasteiger charge is -1.96. The normalized spacial score (nSPS) is 13.1. The summed E-state index contributed by atoms with van der Waals surface area (Å²) in [4.78, 5) is 9.60. The van der Waals surface area contributed by atoms with E-state index in [1.807, 2.05) is 0 Å². The third-order valence-electron chi connectivity index (χ3n) is 0.910. The molecule has 0 unspecified atom stereocenters. The van der Waals surface area contributed by atoms with Crippen molar-refractivity contribution in [1.29, 1.82) is 0 Å². The number of carbonyl (C=O) groups is 1. The van der Waals surface area contributed by atoms with Crippen LogP contribution in [0, 0.1) is 0 Å². The van der Waals surface area contributed by atoms with Gasteiger partial charge in [0.1, 0.15) is 0 Å². The van der Waals surface area contributed by atoms with Crippen molar-refractivity contribution in [1.82, 2.24) is 0 Å². The van der Waals surface area contributed by atoms with E-state index in [1.54, 1.807) is 6.92 Å². The van der Waals surface area contributed by atoms with E-state index in [0.717, 1.165) is 6.08 Å². The Hall–Kier alpha value is -0.880. The van der Waals surface area contributed by atoms with Crippen LogP contribution in [0.1, 0.15) is 13.3 Å². The molecule has 0 atom stereocenters. The van der Waals surface area contributed by atoms with Crippen molar-refractivity contribution < 1.29 is 17.8 Å². The van der Waals surface area contributed by atoms with E-state index in [9.17, 15) is 13.2 Å². The largest absolute Gasteiger partial charge is 0.365 e. The van der Waals surface area contributed by atoms with Gasteiger partial charge in [-0.1, -0.05) is 13.0 Å². The van der Waals surface area contributed by atoms with Gasteiger partial charge in [0.2, 0.25) is 0 Å². The van der Waals surface area contributed by atoms with Gasteiger partial charge < -0.3 is 5.73 Å². The minimum absolute atomic E-state index is 0.318. The molecule has 64 valence electrons. The lowest BCUT2D eigenvalue weighted by atomic mass is 10.4. The summed E-state index contributed by atoms with van der Waals surface area (Å²) in [6.45, 7) is 1.62. The zero-order valence-corrected chi connectivity index (χ0v) is 6.76. The Balaban J connectivity index is 4.95. The van der Waals surface area contributed by atoms with Crippen molar-refractivity contribution in [2.24, 2.45) is 5.73 Å². The first-order valence-corrected chi connectivity index (χ1v) is 4.31. The quantitative estimate of drug-likeness (QED) is 0.457. The van der Waals surface area contributed by atoms with E-state index in [4.69, 9.17) is 4.55 Å². The van der Waals surface area contributed by atoms with Crippen LogP contribution >= 0.6 is 0 Å². The van der Waals surface area contributed by atoms with Crippen LogP contribution in [0.4, 0.5) is 0 Å². The number of rotatable bonds is 3. The lowest BCUT2D eigenvalue weighted by molar-refractivity contribution is -0.114. The molecule has 3 N–H and O–H groups in total. The van der Waals surface area contributed by atoms with Crippen LogP contribution in [-0.2, 0) is 14.9 Å². The monoisotopic (exact) mass is 179 g/mol. The van der Waals surface area contributed by atoms with E-state index in [1.165, 1.54) is 0 Å². The molecule has 0 heterocycles. The number of allylic oxidation sites excluding steroid dienone is 1. The van der Waals surface area contributed by atoms with Crippen molar-refractivity contribution >= 4 is 16.0 Å². The topological polar surface area (TPSA) is 97.5 Å². The Bertz CT molecular complexity index is 277. The second-order valence-corrected chi connectivity index (χ2v) is 3.21. The molecule has 5 nitrogen and oxygen atoms in total. The highest BCUT2D eigenvalue weighted by Gasteiger charge is 2.18. The number of primary amides is 1. The smallest absolute Gasteiger partial charge is 0.299 e. The molecule has 0 aliphatic heterocycles. The molecule has 6 heteroatoms. The lowest BCUT2D eigenvalue weighted by Crippen LogP contribution is -2.20. The third-order valence-corrected chi connectivity index (χ3v) is 1.83. The maximum atomic E-state index is 10.4. The Kier molecular flexibility index (Phi) is 3.21. The summed E-state index contributed by atoms with van der Waals surface area (Å²) in [7, 11) is -4.44. The number of hydrogen-bond acceptors (Lipinski definition) is 3. The van der Waals surface area contributed by atoms with Gasteiger partial charge in [-0.15, -0.1) is 0 Å². The van der Waals surface area contributed by atoms with Crippen LogP contribution in [0.15, 0.2) is 11.0 Å². The Morgan fingerprint density at radius 3 is 2.18 bits per heavy atom. The fourth-order valence-electron chi connectivity index (χ4n) is 0.518. The molecule has 0 aliphatic carbocycles. The van der Waals surface area contributed by atoms with Gasteiger partial charge in [-0.05, 0) is 6.42 Å². The van der Waals surface area contributed by atoms with Crippen molar-refractivity contribution in [2.75, 3.05) is 0 Å². The second kappa shape index (κ2) is 3.49. The summed E-state index contributed by atoms with van der Waals surface area (Å²) in [5, 5.41) is 0. The van der Waals surface area contributed by atoms with E-state index >= 15 is 0 Å². The molecule has 0 radical (unpaired) electrons. The number of carbonyl (C=O) groups excluding carboxylic acids is 1. The van der Waals surface area contributed by atoms with Gasteiger partial charge in [-0.2, -0.15) is 8.42 Å². The minimum Gasteiger partial charge on any atom is -0.365 e. The highest BCUT2D eigenvalue weighted by Crippen LogP contribution is 2.03. The molecule has 0 bridgehead atoms. The average Bonchev–Trinajstić information content (AvgIpc) is 1.79. The third kappa shape index (κ3) is 3.15. The number of hydrogen-bond donors (Lipinski definition) is 2. The molecule has 0 aliphatic rings. The summed E-state index contributed by atoms with van der Waals surface area (Å²) in [6.07, 6.45) is 1.37. The fraction of sp³-hybridized carbons (Fsp3) is 0.400. The van der Waals surface area contributed by atoms with Crippen LogP contribution in [0.2, 0.25) is 0 Å². The molecule has 0 spiro atoms. The van der Waals surface area contributed by atoms with Crippen molar-refractivity contribution in [3.63, 3.8) is 0 Å². The van der Waals surface area contributed by atoms with Crippen LogP contribution in [0.5, 0.6) is 0 Å². The van der Waals surface area contributed by atoms with Gasteiger partial charge in [-0.25, -0.2) is 0 Å². The molecule has 11 heavy (non-hydrogen) atoms. The van der Waals surface area contributed by atoms with Crippen LogP contribution < -0.4 is 5.73 Å². The fourth-order valence-corrected chi connectivity index (χ4v) is 1.15. The Morgan fingerprint density at radius 2 is 2.09 bits per heavy atom. The predicted molar refractivity (Wildman–Crippen MR) is 39.1 cm³/mol. The van der Waals surface area contributed by atoms with Gasteiger partial charge in [0.15, 0.2) is 4.91 Å². The van der Waals surface area contributed by atoms with Crippen molar-refractivity contribution in [2.45, 2.75) is 13.3 Å². The molecule has 1 amide bonds. The molecule has 0 saturated carbocycles. The van der Waals surface area contributed by atoms with Crippen molar-refractivity contribution in [3.8, 4) is 0 Å². The highest BCUT2D eigenvalue weighted by molar-refractivity contribution is 7.90. The standard InChI is InChI=1S/C5H9NO4S/c1-2-3-4(5(6)7)11(8,9)10/h3H,2H2,1H3,(H2,6,7)(H,8,9,10)/b4-3+. The van der Waals surface area contributed by atoms with E-state index in [2.05, 4.69) is 5.73 Å². The molecule has 0 rings (SSSR count). The SMILES string of the molecule is CC/C=C(\C(N)=O)S(=O)(=O)O. The molecule has 0 aromatic heterocycles. The Morgan fingerprint density at radius 1 is 1.64 bits per heavy atom. The van der Waals surface area contributed by atoms with Gasteiger partial charge in [0.25, 0.3) is 16.0 Å². The first kappa shape index (κ1) is 10.1. The molecule has 0 aromatic carbocycles. The number of amides is 1. The average molecular weight is 179 g/mol. The van der Waals surface area contributed by atoms with Gasteiger partial charge in [0, 0.05) is 0 Å². The van der Waals surface area contributed by atoms with E-state index in [0.29, 0.717) is 6.42 Å². The van der Waals surface area contributed by atoms with Gasteiger partial charge >= 0.3 is 0 Å². The first-order chi connectivity index (χ1) is 4.89. The van der Waals surface area contributed by atoms with Gasteiger partial charge in [0.05, 0.1) is 0 Å². The van der Waals surface area contributed by atoms with Crippen LogP contribution in [0.25, 0.3) is 0 Å². The summed E-state index contributed by atoms with van der Waals surface area (Å²) in [5.41, 5.74) is 4.66. The van der Waals surface area contributed by atoms with E-state index in [-0.39, 0.29) is 0 Å². The van der Waals surface area contributed by atoms with Crippen LogP contribution in [-0.4, -0.2) is 18.9 Å². The summed E-state index contributed by atoms with van der Waals surface area (Å²) >= 11 is 0. The maximum Gasteiger partial charge on any atom is 0.299 e. The highest BCUT2D eigenvalue weighted by atomic mass is 32.2. The molecule has 0 saturated heterocycles. The molecular weight excluding hydrogens is 170 g/mol. The summed E-state index contributed by atoms with van der Waals surface area (Å²) in [5.74, 6) is -1.14. The van der Waals surface area contributed by atoms with Crippen molar-refractivity contribution in [3.05, 3.63) is 11.0 Å². The van der Waals surface area contributed by atoms with Gasteiger partial charge in [-0.3, -0.25) is 9.35 Å². The molecular formula is C5H9NO4S. The molecule has 0 aromatic rings. The zero-order valence-electron chi connectivity index (χ0n) is 5.94. The summed E-state index contributed by atoms with van der Waals surface area (Å²) < 4.78 is 29.1. The zero-order chi connectivity index (χ0) is 9.07. The predicted octanol–water partition coefficient (Wildman–Crippen LogP) is -0.347.